The Labute approximate surface area is 235 Å². The number of nitrogens with zero attached hydrogens (tertiary/aromatic N) is 2. The summed E-state index contributed by atoms with van der Waals surface area (Å²) in [5, 5.41) is 18.4. The van der Waals surface area contributed by atoms with Gasteiger partial charge in [-0.3, -0.25) is 9.53 Å². The topological polar surface area (TPSA) is 125 Å². The number of ether oxygens (including phenoxy) is 2. The summed E-state index contributed by atoms with van der Waals surface area (Å²) in [6.45, 7) is 4.22. The second kappa shape index (κ2) is 12.9. The minimum atomic E-state index is -0.912. The molecular formula is C27H27N2NaO7. The van der Waals surface area contributed by atoms with Crippen LogP contribution in [0.4, 0.5) is 0 Å². The molecule has 0 saturated heterocycles. The third kappa shape index (κ3) is 7.24. The van der Waals surface area contributed by atoms with Gasteiger partial charge in [0, 0.05) is 6.54 Å². The zero-order valence-electron chi connectivity index (χ0n) is 21.0. The van der Waals surface area contributed by atoms with Crippen molar-refractivity contribution >= 4 is 0 Å². The van der Waals surface area contributed by atoms with Crippen molar-refractivity contribution in [1.82, 2.24) is 9.72 Å². The Morgan fingerprint density at radius 3 is 2.35 bits per heavy atom. The SMILES string of the molecule is Cc1cc(OC[C@@H](O)CO)ccc1-c1cccc(COc2ccc(Cn3oc(=O)[n-]c3=O)cc2)c1C.[Na+]. The van der Waals surface area contributed by atoms with E-state index in [1.807, 2.05) is 37.3 Å². The molecule has 1 heterocycles. The number of rotatable bonds is 10. The summed E-state index contributed by atoms with van der Waals surface area (Å²) in [6, 6.07) is 19.0. The van der Waals surface area contributed by atoms with Crippen molar-refractivity contribution in [2.75, 3.05) is 13.2 Å². The first kappa shape index (κ1) is 28.5. The van der Waals surface area contributed by atoms with Crippen molar-refractivity contribution in [2.45, 2.75) is 33.1 Å². The second-order valence-electron chi connectivity index (χ2n) is 8.43. The molecular weight excluding hydrogens is 487 g/mol. The standard InChI is InChI=1S/C27H28N2O7.Na/c1-17-12-23(35-16-21(31)14-30)10-11-24(17)25-5-3-4-20(18(25)2)15-34-22-8-6-19(7-9-22)13-29-26(32)28-27(33)36-29;/h3-12,21,30-31H,13-16H2,1-2H3,(H,28,32,33);/q;+1/p-1/t21-;/m0./s1. The molecule has 10 heteroatoms. The summed E-state index contributed by atoms with van der Waals surface area (Å²) >= 11 is 0. The maximum absolute atomic E-state index is 11.5. The average Bonchev–Trinajstić information content (AvgIpc) is 3.19. The van der Waals surface area contributed by atoms with E-state index in [2.05, 4.69) is 18.0 Å². The molecule has 0 unspecified atom stereocenters. The number of aromatic nitrogens is 2. The van der Waals surface area contributed by atoms with E-state index in [1.54, 1.807) is 24.3 Å². The van der Waals surface area contributed by atoms with Gasteiger partial charge in [-0.25, -0.2) is 4.79 Å². The molecule has 0 fully saturated rings. The fourth-order valence-corrected chi connectivity index (χ4v) is 3.81. The van der Waals surface area contributed by atoms with Crippen molar-refractivity contribution in [3.8, 4) is 22.6 Å². The molecule has 188 valence electrons. The zero-order valence-corrected chi connectivity index (χ0v) is 23.0. The summed E-state index contributed by atoms with van der Waals surface area (Å²) < 4.78 is 17.2. The normalized spacial score (nSPS) is 11.6. The molecule has 0 aliphatic rings. The molecule has 0 aliphatic carbocycles. The Hall–Kier alpha value is -3.08. The molecule has 9 nitrogen and oxygen atoms in total. The molecule has 4 rings (SSSR count). The van der Waals surface area contributed by atoms with Gasteiger partial charge in [0.2, 0.25) is 0 Å². The van der Waals surface area contributed by atoms with Crippen LogP contribution in [0, 0.1) is 13.8 Å². The van der Waals surface area contributed by atoms with Crippen molar-refractivity contribution < 1.29 is 53.8 Å². The number of aryl methyl sites for hydroxylation is 1. The number of aliphatic hydroxyl groups excluding tert-OH is 2. The average molecular weight is 515 g/mol. The summed E-state index contributed by atoms with van der Waals surface area (Å²) in [5.41, 5.74) is 5.37. The largest absolute Gasteiger partial charge is 1.00 e. The van der Waals surface area contributed by atoms with Crippen LogP contribution in [0.3, 0.4) is 0 Å². The van der Waals surface area contributed by atoms with Gasteiger partial charge in [0.15, 0.2) is 5.69 Å². The van der Waals surface area contributed by atoms with Gasteiger partial charge in [0.05, 0.1) is 6.61 Å². The Bertz CT molecular complexity index is 1440. The van der Waals surface area contributed by atoms with Crippen molar-refractivity contribution in [2.24, 2.45) is 0 Å². The van der Waals surface area contributed by atoms with Gasteiger partial charge < -0.3 is 29.2 Å². The first-order valence-corrected chi connectivity index (χ1v) is 11.4. The number of hydrogen-bond acceptors (Lipinski definition) is 7. The molecule has 3 aromatic carbocycles. The van der Waals surface area contributed by atoms with Gasteiger partial charge in [0.25, 0.3) is 0 Å². The van der Waals surface area contributed by atoms with Crippen LogP contribution in [0.2, 0.25) is 0 Å². The Balaban J connectivity index is 0.00000380. The second-order valence-corrected chi connectivity index (χ2v) is 8.43. The molecule has 1 atom stereocenters. The molecule has 37 heavy (non-hydrogen) atoms. The fraction of sp³-hybridized carbons (Fsp3) is 0.259. The molecule has 0 amide bonds. The van der Waals surface area contributed by atoms with Gasteiger partial charge in [-0.2, -0.15) is 0 Å². The molecule has 0 saturated carbocycles. The van der Waals surface area contributed by atoms with Crippen LogP contribution in [0.5, 0.6) is 11.5 Å². The third-order valence-corrected chi connectivity index (χ3v) is 5.82. The van der Waals surface area contributed by atoms with E-state index >= 15 is 0 Å². The van der Waals surface area contributed by atoms with E-state index in [0.29, 0.717) is 18.1 Å². The van der Waals surface area contributed by atoms with Gasteiger partial charge in [-0.05, 0) is 71.5 Å². The first-order valence-electron chi connectivity index (χ1n) is 11.4. The smallest absolute Gasteiger partial charge is 0.491 e. The quantitative estimate of drug-likeness (QED) is 0.269. The zero-order chi connectivity index (χ0) is 25.7. The van der Waals surface area contributed by atoms with E-state index in [-0.39, 0.29) is 49.3 Å². The van der Waals surface area contributed by atoms with Gasteiger partial charge >= 0.3 is 35.3 Å². The molecule has 4 aromatic rings. The predicted octanol–water partition coefficient (Wildman–Crippen LogP) is -0.594. The van der Waals surface area contributed by atoms with Crippen LogP contribution in [0.25, 0.3) is 11.1 Å². The number of hydrogen-bond donors (Lipinski definition) is 2. The Morgan fingerprint density at radius 1 is 0.973 bits per heavy atom. The van der Waals surface area contributed by atoms with Crippen LogP contribution < -0.4 is 55.5 Å². The van der Waals surface area contributed by atoms with Crippen molar-refractivity contribution in [3.63, 3.8) is 0 Å². The summed E-state index contributed by atoms with van der Waals surface area (Å²) in [7, 11) is 0. The monoisotopic (exact) mass is 514 g/mol. The van der Waals surface area contributed by atoms with Gasteiger partial charge in [-0.1, -0.05) is 36.4 Å². The maximum atomic E-state index is 11.5. The van der Waals surface area contributed by atoms with Crippen LogP contribution in [0.1, 0.15) is 22.3 Å². The van der Waals surface area contributed by atoms with E-state index in [9.17, 15) is 14.7 Å². The van der Waals surface area contributed by atoms with Crippen molar-refractivity contribution in [3.05, 3.63) is 104 Å². The van der Waals surface area contributed by atoms with E-state index in [4.69, 9.17) is 19.1 Å². The van der Waals surface area contributed by atoms with E-state index in [1.165, 1.54) is 0 Å². The molecule has 0 radical (unpaired) electrons. The Kier molecular flexibility index (Phi) is 9.96. The number of benzene rings is 3. The molecule has 1 aromatic heterocycles. The van der Waals surface area contributed by atoms with Crippen LogP contribution >= 0.6 is 0 Å². The minimum Gasteiger partial charge on any atom is -0.491 e. The summed E-state index contributed by atoms with van der Waals surface area (Å²) in [4.78, 5) is 25.8. The summed E-state index contributed by atoms with van der Waals surface area (Å²) in [6.07, 6.45) is -0.912. The molecule has 0 bridgehead atoms. The maximum Gasteiger partial charge on any atom is 1.00 e. The fourth-order valence-electron chi connectivity index (χ4n) is 3.81. The molecule has 2 N–H and O–H groups in total. The molecule has 0 aliphatic heterocycles. The van der Waals surface area contributed by atoms with Crippen LogP contribution in [-0.2, 0) is 13.2 Å². The number of aliphatic hydroxyl groups is 2. The Morgan fingerprint density at radius 2 is 1.70 bits per heavy atom. The molecule has 0 spiro atoms. The van der Waals surface area contributed by atoms with Crippen molar-refractivity contribution in [1.29, 1.82) is 0 Å². The third-order valence-electron chi connectivity index (χ3n) is 5.82. The van der Waals surface area contributed by atoms with Gasteiger partial charge in [0.1, 0.15) is 30.8 Å². The van der Waals surface area contributed by atoms with E-state index < -0.39 is 17.5 Å². The minimum absolute atomic E-state index is 0. The first-order chi connectivity index (χ1) is 17.3. The van der Waals surface area contributed by atoms with Gasteiger partial charge in [-0.15, -0.1) is 0 Å². The van der Waals surface area contributed by atoms with Crippen LogP contribution in [0.15, 0.2) is 74.8 Å². The van der Waals surface area contributed by atoms with E-state index in [0.717, 1.165) is 38.1 Å². The predicted molar refractivity (Wildman–Crippen MR) is 132 cm³/mol. The van der Waals surface area contributed by atoms with Crippen LogP contribution in [-0.4, -0.2) is 34.3 Å². The summed E-state index contributed by atoms with van der Waals surface area (Å²) in [5.74, 6) is 0.390.